The fraction of sp³-hybridized carbons (Fsp3) is 0.714. The van der Waals surface area contributed by atoms with Gasteiger partial charge in [0.25, 0.3) is 0 Å². The van der Waals surface area contributed by atoms with Gasteiger partial charge in [-0.2, -0.15) is 0 Å². The van der Waals surface area contributed by atoms with E-state index in [4.69, 9.17) is 0 Å². The number of likely N-dealkylation sites (N-methyl/N-ethyl adjacent to an activating group) is 1. The van der Waals surface area contributed by atoms with Crippen molar-refractivity contribution in [3.63, 3.8) is 0 Å². The molecule has 0 radical (unpaired) electrons. The lowest BCUT2D eigenvalue weighted by molar-refractivity contribution is 0.0570. The van der Waals surface area contributed by atoms with Crippen LogP contribution in [0.4, 0.5) is 0 Å². The minimum absolute atomic E-state index is 0.421. The molecule has 1 fully saturated rings. The van der Waals surface area contributed by atoms with Gasteiger partial charge >= 0.3 is 0 Å². The van der Waals surface area contributed by atoms with Crippen LogP contribution in [0.15, 0.2) is 17.5 Å². The third kappa shape index (κ3) is 2.72. The summed E-state index contributed by atoms with van der Waals surface area (Å²) in [5.74, 6) is 0. The van der Waals surface area contributed by atoms with Gasteiger partial charge in [-0.15, -0.1) is 11.3 Å². The Bertz CT molecular complexity index is 328. The molecule has 2 rings (SSSR count). The Balaban J connectivity index is 1.92. The molecule has 0 spiro atoms. The molecule has 1 heterocycles. The third-order valence-corrected chi connectivity index (χ3v) is 5.19. The van der Waals surface area contributed by atoms with Crippen molar-refractivity contribution in [2.75, 3.05) is 20.6 Å². The predicted molar refractivity (Wildman–Crippen MR) is 75.6 cm³/mol. The Labute approximate surface area is 109 Å². The molecule has 0 saturated heterocycles. The molecule has 2 nitrogen and oxygen atoms in total. The van der Waals surface area contributed by atoms with Crippen LogP contribution in [0.3, 0.4) is 0 Å². The zero-order valence-electron chi connectivity index (χ0n) is 11.2. The Hall–Kier alpha value is -0.380. The van der Waals surface area contributed by atoms with Gasteiger partial charge in [0, 0.05) is 23.0 Å². The number of rotatable bonds is 6. The van der Waals surface area contributed by atoms with Crippen molar-refractivity contribution in [1.29, 1.82) is 0 Å². The predicted octanol–water partition coefficient (Wildman–Crippen LogP) is 3.27. The summed E-state index contributed by atoms with van der Waals surface area (Å²) in [4.78, 5) is 3.88. The molecule has 1 atom stereocenters. The normalized spacial score (nSPS) is 20.2. The molecule has 0 aliphatic heterocycles. The summed E-state index contributed by atoms with van der Waals surface area (Å²) in [6.07, 6.45) is 5.24. The second-order valence-corrected chi connectivity index (χ2v) is 6.31. The SMILES string of the molecule is CCC(NCC1(N(C)C)CCC1)c1cccs1. The van der Waals surface area contributed by atoms with Crippen molar-refractivity contribution < 1.29 is 0 Å². The number of nitrogens with zero attached hydrogens (tertiary/aromatic N) is 1. The smallest absolute Gasteiger partial charge is 0.0412 e. The highest BCUT2D eigenvalue weighted by atomic mass is 32.1. The summed E-state index contributed by atoms with van der Waals surface area (Å²) in [5, 5.41) is 5.94. The molecular formula is C14H24N2S. The van der Waals surface area contributed by atoms with E-state index < -0.39 is 0 Å². The Kier molecular flexibility index (Phi) is 4.23. The molecule has 1 aliphatic carbocycles. The van der Waals surface area contributed by atoms with E-state index in [1.54, 1.807) is 0 Å². The highest BCUT2D eigenvalue weighted by Gasteiger charge is 2.39. The highest BCUT2D eigenvalue weighted by molar-refractivity contribution is 7.10. The highest BCUT2D eigenvalue weighted by Crippen LogP contribution is 2.36. The summed E-state index contributed by atoms with van der Waals surface area (Å²) >= 11 is 1.86. The van der Waals surface area contributed by atoms with Crippen LogP contribution in [-0.2, 0) is 0 Å². The van der Waals surface area contributed by atoms with E-state index >= 15 is 0 Å². The zero-order chi connectivity index (χ0) is 12.3. The van der Waals surface area contributed by atoms with Crippen LogP contribution in [0.5, 0.6) is 0 Å². The average Bonchev–Trinajstić information content (AvgIpc) is 2.74. The van der Waals surface area contributed by atoms with Crippen LogP contribution < -0.4 is 5.32 Å². The lowest BCUT2D eigenvalue weighted by atomic mass is 9.75. The van der Waals surface area contributed by atoms with Gasteiger partial charge in [-0.05, 0) is 51.2 Å². The maximum atomic E-state index is 3.76. The van der Waals surface area contributed by atoms with Crippen molar-refractivity contribution in [1.82, 2.24) is 10.2 Å². The molecule has 3 heteroatoms. The molecule has 1 N–H and O–H groups in total. The van der Waals surface area contributed by atoms with E-state index in [0.29, 0.717) is 11.6 Å². The van der Waals surface area contributed by atoms with E-state index in [1.165, 1.54) is 30.6 Å². The molecule has 17 heavy (non-hydrogen) atoms. The number of nitrogens with one attached hydrogen (secondary N) is 1. The van der Waals surface area contributed by atoms with Crippen LogP contribution in [0.2, 0.25) is 0 Å². The molecule has 1 saturated carbocycles. The second kappa shape index (κ2) is 5.51. The van der Waals surface area contributed by atoms with Crippen LogP contribution in [-0.4, -0.2) is 31.1 Å². The van der Waals surface area contributed by atoms with Gasteiger partial charge < -0.3 is 10.2 Å². The number of thiophene rings is 1. The van der Waals surface area contributed by atoms with Crippen LogP contribution in [0.25, 0.3) is 0 Å². The molecule has 96 valence electrons. The molecule has 1 aromatic heterocycles. The topological polar surface area (TPSA) is 15.3 Å². The van der Waals surface area contributed by atoms with Gasteiger partial charge in [-0.1, -0.05) is 13.0 Å². The molecule has 0 bridgehead atoms. The first-order valence-electron chi connectivity index (χ1n) is 6.62. The molecule has 1 aliphatic rings. The van der Waals surface area contributed by atoms with E-state index in [2.05, 4.69) is 48.7 Å². The van der Waals surface area contributed by atoms with Crippen molar-refractivity contribution in [2.24, 2.45) is 0 Å². The molecule has 1 unspecified atom stereocenters. The first-order chi connectivity index (χ1) is 8.18. The second-order valence-electron chi connectivity index (χ2n) is 5.33. The molecule has 0 amide bonds. The molecule has 0 aromatic carbocycles. The van der Waals surface area contributed by atoms with Crippen molar-refractivity contribution >= 4 is 11.3 Å². The summed E-state index contributed by atoms with van der Waals surface area (Å²) in [5.41, 5.74) is 0.421. The fourth-order valence-corrected chi connectivity index (χ4v) is 3.50. The van der Waals surface area contributed by atoms with Gasteiger partial charge in [0.1, 0.15) is 0 Å². The summed E-state index contributed by atoms with van der Waals surface area (Å²) in [6, 6.07) is 4.93. The van der Waals surface area contributed by atoms with E-state index in [-0.39, 0.29) is 0 Å². The zero-order valence-corrected chi connectivity index (χ0v) is 12.0. The summed E-state index contributed by atoms with van der Waals surface area (Å²) < 4.78 is 0. The van der Waals surface area contributed by atoms with Crippen molar-refractivity contribution in [3.05, 3.63) is 22.4 Å². The fourth-order valence-electron chi connectivity index (χ4n) is 2.62. The van der Waals surface area contributed by atoms with Gasteiger partial charge in [-0.3, -0.25) is 0 Å². The van der Waals surface area contributed by atoms with E-state index in [1.807, 2.05) is 11.3 Å². The first kappa shape index (κ1) is 13.1. The van der Waals surface area contributed by atoms with E-state index in [0.717, 1.165) is 6.54 Å². The van der Waals surface area contributed by atoms with Crippen molar-refractivity contribution in [3.8, 4) is 0 Å². The Morgan fingerprint density at radius 3 is 2.65 bits per heavy atom. The minimum atomic E-state index is 0.421. The number of hydrogen-bond donors (Lipinski definition) is 1. The lowest BCUT2D eigenvalue weighted by Crippen LogP contribution is -2.56. The van der Waals surface area contributed by atoms with Gasteiger partial charge in [0.2, 0.25) is 0 Å². The molecule has 1 aromatic rings. The van der Waals surface area contributed by atoms with Gasteiger partial charge in [0.15, 0.2) is 0 Å². The van der Waals surface area contributed by atoms with Crippen molar-refractivity contribution in [2.45, 2.75) is 44.2 Å². The van der Waals surface area contributed by atoms with Gasteiger partial charge in [0.05, 0.1) is 0 Å². The Morgan fingerprint density at radius 1 is 1.47 bits per heavy atom. The molecular weight excluding hydrogens is 228 g/mol. The first-order valence-corrected chi connectivity index (χ1v) is 7.50. The summed E-state index contributed by atoms with van der Waals surface area (Å²) in [6.45, 7) is 3.39. The monoisotopic (exact) mass is 252 g/mol. The van der Waals surface area contributed by atoms with E-state index in [9.17, 15) is 0 Å². The maximum Gasteiger partial charge on any atom is 0.0412 e. The quantitative estimate of drug-likeness (QED) is 0.836. The van der Waals surface area contributed by atoms with Gasteiger partial charge in [-0.25, -0.2) is 0 Å². The minimum Gasteiger partial charge on any atom is -0.307 e. The lowest BCUT2D eigenvalue weighted by Gasteiger charge is -2.48. The number of hydrogen-bond acceptors (Lipinski definition) is 3. The maximum absolute atomic E-state index is 3.76. The van der Waals surface area contributed by atoms with Crippen LogP contribution in [0, 0.1) is 0 Å². The Morgan fingerprint density at radius 2 is 2.24 bits per heavy atom. The standard InChI is InChI=1S/C14H24N2S/c1-4-12(13-7-5-10-17-13)15-11-14(16(2)3)8-6-9-14/h5,7,10,12,15H,4,6,8-9,11H2,1-3H3. The average molecular weight is 252 g/mol. The largest absolute Gasteiger partial charge is 0.307 e. The van der Waals surface area contributed by atoms with Crippen LogP contribution >= 0.6 is 11.3 Å². The third-order valence-electron chi connectivity index (χ3n) is 4.21. The van der Waals surface area contributed by atoms with Crippen LogP contribution in [0.1, 0.15) is 43.5 Å². The summed E-state index contributed by atoms with van der Waals surface area (Å²) in [7, 11) is 4.43.